The number of nitrogens with zero attached hydrogens (tertiary/aromatic N) is 1. The van der Waals surface area contributed by atoms with Crippen molar-refractivity contribution in [1.29, 1.82) is 0 Å². The van der Waals surface area contributed by atoms with E-state index in [9.17, 15) is 4.79 Å². The predicted molar refractivity (Wildman–Crippen MR) is 89.8 cm³/mol. The number of carbonyl (C=O) groups is 1. The highest BCUT2D eigenvalue weighted by atomic mass is 35.5. The molecule has 0 fully saturated rings. The van der Waals surface area contributed by atoms with Crippen LogP contribution in [-0.4, -0.2) is 17.5 Å². The fourth-order valence-corrected chi connectivity index (χ4v) is 2.83. The Hall–Kier alpha value is -1.97. The van der Waals surface area contributed by atoms with Crippen LogP contribution in [0.15, 0.2) is 48.5 Å². The van der Waals surface area contributed by atoms with Crippen molar-refractivity contribution in [2.45, 2.75) is 6.92 Å². The van der Waals surface area contributed by atoms with Gasteiger partial charge >= 0.3 is 0 Å². The van der Waals surface area contributed by atoms with E-state index >= 15 is 0 Å². The summed E-state index contributed by atoms with van der Waals surface area (Å²) in [6, 6.07) is 13.0. The topological polar surface area (TPSA) is 32.3 Å². The van der Waals surface area contributed by atoms with Crippen LogP contribution in [0.5, 0.6) is 0 Å². The summed E-state index contributed by atoms with van der Waals surface area (Å²) in [7, 11) is 0. The maximum absolute atomic E-state index is 12.5. The van der Waals surface area contributed by atoms with Crippen molar-refractivity contribution in [2.24, 2.45) is 0 Å². The van der Waals surface area contributed by atoms with Crippen LogP contribution in [0, 0.1) is 6.92 Å². The minimum absolute atomic E-state index is 0.164. The highest BCUT2D eigenvalue weighted by molar-refractivity contribution is 6.35. The molecule has 1 amide bonds. The van der Waals surface area contributed by atoms with E-state index in [4.69, 9.17) is 23.2 Å². The molecule has 0 spiro atoms. The van der Waals surface area contributed by atoms with Crippen molar-refractivity contribution in [3.8, 4) is 0 Å². The molecule has 0 bridgehead atoms. The van der Waals surface area contributed by atoms with Crippen LogP contribution in [0.25, 0.3) is 5.70 Å². The van der Waals surface area contributed by atoms with Gasteiger partial charge in [0.1, 0.15) is 0 Å². The first-order chi connectivity index (χ1) is 10.5. The fraction of sp³-hybridized carbons (Fsp3) is 0.118. The Balaban J connectivity index is 1.76. The molecule has 0 saturated heterocycles. The lowest BCUT2D eigenvalue weighted by molar-refractivity contribution is 0.0741. The Kier molecular flexibility index (Phi) is 4.10. The molecule has 1 N–H and O–H groups in total. The standard InChI is InChI=1S/C17H14Cl2N2O/c1-11-2-4-12(5-3-11)16-6-7-21(20-16)17(22)13-8-14(18)10-15(19)9-13/h2-6,8-10,20H,7H2,1H3. The van der Waals surface area contributed by atoms with Crippen molar-refractivity contribution < 1.29 is 4.79 Å². The van der Waals surface area contributed by atoms with Gasteiger partial charge in [-0.2, -0.15) is 0 Å². The molecule has 2 aromatic rings. The quantitative estimate of drug-likeness (QED) is 0.888. The van der Waals surface area contributed by atoms with Gasteiger partial charge in [0.25, 0.3) is 5.91 Å². The first-order valence-corrected chi connectivity index (χ1v) is 7.60. The average Bonchev–Trinajstić information content (AvgIpc) is 2.96. The smallest absolute Gasteiger partial charge is 0.272 e. The van der Waals surface area contributed by atoms with Gasteiger partial charge in [0.15, 0.2) is 0 Å². The molecule has 1 heterocycles. The number of hydrazine groups is 1. The molecular weight excluding hydrogens is 319 g/mol. The van der Waals surface area contributed by atoms with Crippen molar-refractivity contribution in [3.63, 3.8) is 0 Å². The zero-order valence-electron chi connectivity index (χ0n) is 11.9. The Morgan fingerprint density at radius 2 is 1.73 bits per heavy atom. The van der Waals surface area contributed by atoms with Crippen LogP contribution in [0.2, 0.25) is 10.0 Å². The number of amides is 1. The van der Waals surface area contributed by atoms with Crippen LogP contribution in [-0.2, 0) is 0 Å². The van der Waals surface area contributed by atoms with Gasteiger partial charge in [-0.05, 0) is 36.8 Å². The second kappa shape index (κ2) is 6.03. The highest BCUT2D eigenvalue weighted by Crippen LogP contribution is 2.22. The molecule has 0 atom stereocenters. The maximum Gasteiger partial charge on any atom is 0.272 e. The fourth-order valence-electron chi connectivity index (χ4n) is 2.30. The van der Waals surface area contributed by atoms with E-state index in [1.165, 1.54) is 10.6 Å². The van der Waals surface area contributed by atoms with Gasteiger partial charge in [-0.15, -0.1) is 0 Å². The number of benzene rings is 2. The van der Waals surface area contributed by atoms with E-state index in [1.54, 1.807) is 18.2 Å². The van der Waals surface area contributed by atoms with Gasteiger partial charge in [-0.1, -0.05) is 53.0 Å². The molecule has 0 radical (unpaired) electrons. The largest absolute Gasteiger partial charge is 0.295 e. The molecule has 2 aromatic carbocycles. The number of nitrogens with one attached hydrogen (secondary N) is 1. The Morgan fingerprint density at radius 3 is 2.36 bits per heavy atom. The molecule has 112 valence electrons. The first-order valence-electron chi connectivity index (χ1n) is 6.85. The molecule has 3 nitrogen and oxygen atoms in total. The molecule has 0 aromatic heterocycles. The lowest BCUT2D eigenvalue weighted by atomic mass is 10.1. The predicted octanol–water partition coefficient (Wildman–Crippen LogP) is 4.30. The third-order valence-electron chi connectivity index (χ3n) is 3.45. The molecule has 0 saturated carbocycles. The van der Waals surface area contributed by atoms with E-state index in [1.807, 2.05) is 37.3 Å². The third kappa shape index (κ3) is 3.11. The second-order valence-electron chi connectivity index (χ2n) is 5.17. The first kappa shape index (κ1) is 14.9. The van der Waals surface area contributed by atoms with Crippen molar-refractivity contribution in [2.75, 3.05) is 6.54 Å². The maximum atomic E-state index is 12.5. The van der Waals surface area contributed by atoms with Crippen LogP contribution in [0.3, 0.4) is 0 Å². The molecule has 5 heteroatoms. The Morgan fingerprint density at radius 1 is 1.09 bits per heavy atom. The summed E-state index contributed by atoms with van der Waals surface area (Å²) in [5, 5.41) is 2.43. The monoisotopic (exact) mass is 332 g/mol. The number of hydrogen-bond donors (Lipinski definition) is 1. The second-order valence-corrected chi connectivity index (χ2v) is 6.04. The summed E-state index contributed by atoms with van der Waals surface area (Å²) >= 11 is 11.9. The highest BCUT2D eigenvalue weighted by Gasteiger charge is 2.21. The summed E-state index contributed by atoms with van der Waals surface area (Å²) < 4.78 is 0. The van der Waals surface area contributed by atoms with E-state index in [0.29, 0.717) is 22.2 Å². The van der Waals surface area contributed by atoms with Crippen molar-refractivity contribution in [1.82, 2.24) is 10.4 Å². The van der Waals surface area contributed by atoms with E-state index in [2.05, 4.69) is 5.43 Å². The molecule has 1 aliphatic rings. The minimum atomic E-state index is -0.164. The number of aryl methyl sites for hydroxylation is 1. The van der Waals surface area contributed by atoms with Gasteiger partial charge in [0.05, 0.1) is 12.2 Å². The van der Waals surface area contributed by atoms with E-state index < -0.39 is 0 Å². The molecule has 22 heavy (non-hydrogen) atoms. The van der Waals surface area contributed by atoms with Crippen LogP contribution >= 0.6 is 23.2 Å². The number of halogens is 2. The van der Waals surface area contributed by atoms with Crippen LogP contribution in [0.1, 0.15) is 21.5 Å². The number of rotatable bonds is 2. The van der Waals surface area contributed by atoms with E-state index in [-0.39, 0.29) is 5.91 Å². The average molecular weight is 333 g/mol. The van der Waals surface area contributed by atoms with E-state index in [0.717, 1.165) is 11.3 Å². The summed E-state index contributed by atoms with van der Waals surface area (Å²) in [5.74, 6) is -0.164. The minimum Gasteiger partial charge on any atom is -0.295 e. The zero-order valence-corrected chi connectivity index (χ0v) is 13.4. The van der Waals surface area contributed by atoms with Gasteiger partial charge in [0, 0.05) is 15.6 Å². The zero-order chi connectivity index (χ0) is 15.7. The van der Waals surface area contributed by atoms with Crippen molar-refractivity contribution >= 4 is 34.8 Å². The Bertz CT molecular complexity index is 734. The third-order valence-corrected chi connectivity index (χ3v) is 3.89. The molecule has 1 aliphatic heterocycles. The molecule has 0 unspecified atom stereocenters. The normalized spacial score (nSPS) is 13.8. The number of hydrogen-bond acceptors (Lipinski definition) is 2. The van der Waals surface area contributed by atoms with Crippen molar-refractivity contribution in [3.05, 3.63) is 75.3 Å². The summed E-state index contributed by atoms with van der Waals surface area (Å²) in [4.78, 5) is 12.5. The van der Waals surface area contributed by atoms with Gasteiger partial charge in [-0.3, -0.25) is 10.2 Å². The van der Waals surface area contributed by atoms with Crippen LogP contribution < -0.4 is 5.43 Å². The number of carbonyl (C=O) groups excluding carboxylic acids is 1. The lowest BCUT2D eigenvalue weighted by Gasteiger charge is -2.19. The van der Waals surface area contributed by atoms with Gasteiger partial charge in [0.2, 0.25) is 0 Å². The lowest BCUT2D eigenvalue weighted by Crippen LogP contribution is -2.37. The molecule has 0 aliphatic carbocycles. The SMILES string of the molecule is Cc1ccc(C2=CCN(C(=O)c3cc(Cl)cc(Cl)c3)N2)cc1. The summed E-state index contributed by atoms with van der Waals surface area (Å²) in [6.45, 7) is 2.53. The summed E-state index contributed by atoms with van der Waals surface area (Å²) in [5.41, 5.74) is 6.75. The molecular formula is C17H14Cl2N2O. The van der Waals surface area contributed by atoms with Gasteiger partial charge in [-0.25, -0.2) is 5.01 Å². The molecule has 3 rings (SSSR count). The summed E-state index contributed by atoms with van der Waals surface area (Å²) in [6.07, 6.45) is 1.98. The Labute approximate surface area is 139 Å². The van der Waals surface area contributed by atoms with Crippen LogP contribution in [0.4, 0.5) is 0 Å². The van der Waals surface area contributed by atoms with Gasteiger partial charge < -0.3 is 0 Å².